The number of carboxylic acids is 1. The average molecular weight is 347 g/mol. The van der Waals surface area contributed by atoms with Crippen molar-refractivity contribution in [2.45, 2.75) is 53.1 Å². The number of carbonyl (C=O) groups is 2. The zero-order valence-electron chi connectivity index (χ0n) is 15.8. The average Bonchev–Trinajstić information content (AvgIpc) is 2.55. The number of amides is 1. The first-order valence-corrected chi connectivity index (χ1v) is 8.99. The molecule has 3 atom stereocenters. The van der Waals surface area contributed by atoms with E-state index in [0.717, 1.165) is 11.3 Å². The van der Waals surface area contributed by atoms with Crippen molar-refractivity contribution in [3.8, 4) is 5.75 Å². The molecule has 2 rings (SSSR count). The minimum absolute atomic E-state index is 0.0478. The van der Waals surface area contributed by atoms with Gasteiger partial charge in [-0.3, -0.25) is 9.59 Å². The second kappa shape index (κ2) is 7.89. The van der Waals surface area contributed by atoms with Crippen molar-refractivity contribution in [3.63, 3.8) is 0 Å². The SMILES string of the molecule is Cc1ccc(C(C)C)cc1OC(C)C(=O)N1CCC(C(=O)O)C(C)C1. The molecule has 5 nitrogen and oxygen atoms in total. The molecule has 138 valence electrons. The number of carboxylic acid groups (broad SMARTS) is 1. The summed E-state index contributed by atoms with van der Waals surface area (Å²) in [7, 11) is 0. The molecule has 25 heavy (non-hydrogen) atoms. The Kier molecular flexibility index (Phi) is 6.09. The van der Waals surface area contributed by atoms with Crippen LogP contribution in [-0.4, -0.2) is 41.1 Å². The smallest absolute Gasteiger partial charge is 0.306 e. The van der Waals surface area contributed by atoms with Gasteiger partial charge in [0.15, 0.2) is 6.10 Å². The summed E-state index contributed by atoms with van der Waals surface area (Å²) in [4.78, 5) is 25.7. The Labute approximate surface area is 150 Å². The number of aliphatic carboxylic acids is 1. The van der Waals surface area contributed by atoms with Gasteiger partial charge in [-0.25, -0.2) is 0 Å². The van der Waals surface area contributed by atoms with Gasteiger partial charge in [0, 0.05) is 13.1 Å². The summed E-state index contributed by atoms with van der Waals surface area (Å²) in [5, 5.41) is 9.21. The molecule has 1 fully saturated rings. The van der Waals surface area contributed by atoms with Gasteiger partial charge in [-0.1, -0.05) is 32.9 Å². The number of rotatable bonds is 5. The first-order chi connectivity index (χ1) is 11.7. The zero-order valence-corrected chi connectivity index (χ0v) is 15.8. The van der Waals surface area contributed by atoms with E-state index >= 15 is 0 Å². The van der Waals surface area contributed by atoms with E-state index in [9.17, 15) is 14.7 Å². The van der Waals surface area contributed by atoms with Crippen LogP contribution in [0.4, 0.5) is 0 Å². The van der Waals surface area contributed by atoms with Gasteiger partial charge < -0.3 is 14.7 Å². The van der Waals surface area contributed by atoms with Crippen LogP contribution < -0.4 is 4.74 Å². The largest absolute Gasteiger partial charge is 0.481 e. The van der Waals surface area contributed by atoms with Gasteiger partial charge in [0.2, 0.25) is 0 Å². The number of ether oxygens (including phenoxy) is 1. The highest BCUT2D eigenvalue weighted by Crippen LogP contribution is 2.27. The third kappa shape index (κ3) is 4.53. The molecule has 1 aliphatic heterocycles. The Morgan fingerprint density at radius 3 is 2.52 bits per heavy atom. The Morgan fingerprint density at radius 2 is 1.96 bits per heavy atom. The van der Waals surface area contributed by atoms with Crippen molar-refractivity contribution in [1.29, 1.82) is 0 Å². The molecular formula is C20H29NO4. The topological polar surface area (TPSA) is 66.8 Å². The third-order valence-electron chi connectivity index (χ3n) is 5.06. The number of likely N-dealkylation sites (tertiary alicyclic amines) is 1. The van der Waals surface area contributed by atoms with Crippen molar-refractivity contribution in [2.75, 3.05) is 13.1 Å². The van der Waals surface area contributed by atoms with E-state index in [1.165, 1.54) is 5.56 Å². The lowest BCUT2D eigenvalue weighted by atomic mass is 9.87. The minimum atomic E-state index is -0.773. The van der Waals surface area contributed by atoms with Crippen LogP contribution in [0.15, 0.2) is 18.2 Å². The van der Waals surface area contributed by atoms with Gasteiger partial charge in [0.05, 0.1) is 5.92 Å². The quantitative estimate of drug-likeness (QED) is 0.886. The Bertz CT molecular complexity index is 641. The summed E-state index contributed by atoms with van der Waals surface area (Å²) in [5.74, 6) is -0.140. The van der Waals surface area contributed by atoms with Gasteiger partial charge in [-0.05, 0) is 49.3 Å². The van der Waals surface area contributed by atoms with Crippen molar-refractivity contribution in [1.82, 2.24) is 4.90 Å². The fourth-order valence-corrected chi connectivity index (χ4v) is 3.31. The van der Waals surface area contributed by atoms with Crippen LogP contribution in [0, 0.1) is 18.8 Å². The lowest BCUT2D eigenvalue weighted by Crippen LogP contribution is -2.49. The van der Waals surface area contributed by atoms with Crippen molar-refractivity contribution in [2.24, 2.45) is 11.8 Å². The number of carbonyl (C=O) groups excluding carboxylic acids is 1. The maximum Gasteiger partial charge on any atom is 0.306 e. The summed E-state index contributed by atoms with van der Waals surface area (Å²) >= 11 is 0. The van der Waals surface area contributed by atoms with E-state index in [0.29, 0.717) is 25.4 Å². The van der Waals surface area contributed by atoms with Crippen molar-refractivity contribution in [3.05, 3.63) is 29.3 Å². The maximum absolute atomic E-state index is 12.7. The van der Waals surface area contributed by atoms with Crippen LogP contribution in [0.2, 0.25) is 0 Å². The number of benzene rings is 1. The number of piperidine rings is 1. The molecule has 0 radical (unpaired) electrons. The molecule has 1 aromatic carbocycles. The molecule has 1 aliphatic rings. The normalized spacial score (nSPS) is 21.9. The Balaban J connectivity index is 2.04. The second-order valence-corrected chi connectivity index (χ2v) is 7.43. The molecule has 0 aromatic heterocycles. The van der Waals surface area contributed by atoms with Crippen LogP contribution in [0.1, 0.15) is 51.2 Å². The van der Waals surface area contributed by atoms with Gasteiger partial charge in [-0.2, -0.15) is 0 Å². The van der Waals surface area contributed by atoms with Crippen LogP contribution in [0.3, 0.4) is 0 Å². The van der Waals surface area contributed by atoms with Crippen LogP contribution in [0.25, 0.3) is 0 Å². The predicted molar refractivity (Wildman–Crippen MR) is 96.8 cm³/mol. The first kappa shape index (κ1) is 19.3. The molecule has 1 saturated heterocycles. The van der Waals surface area contributed by atoms with Gasteiger partial charge in [0.1, 0.15) is 5.75 Å². The molecule has 0 saturated carbocycles. The molecule has 1 N–H and O–H groups in total. The fourth-order valence-electron chi connectivity index (χ4n) is 3.31. The molecule has 3 unspecified atom stereocenters. The van der Waals surface area contributed by atoms with Crippen molar-refractivity contribution >= 4 is 11.9 Å². The summed E-state index contributed by atoms with van der Waals surface area (Å²) in [6.45, 7) is 10.8. The number of nitrogens with zero attached hydrogens (tertiary/aromatic N) is 1. The van der Waals surface area contributed by atoms with Crippen LogP contribution in [-0.2, 0) is 9.59 Å². The number of hydrogen-bond donors (Lipinski definition) is 1. The first-order valence-electron chi connectivity index (χ1n) is 8.99. The Hall–Kier alpha value is -2.04. The molecule has 1 heterocycles. The van der Waals surface area contributed by atoms with Crippen molar-refractivity contribution < 1.29 is 19.4 Å². The van der Waals surface area contributed by atoms with Crippen LogP contribution in [0.5, 0.6) is 5.75 Å². The molecular weight excluding hydrogens is 318 g/mol. The molecule has 0 bridgehead atoms. The number of hydrogen-bond acceptors (Lipinski definition) is 3. The second-order valence-electron chi connectivity index (χ2n) is 7.43. The number of aryl methyl sites for hydroxylation is 1. The predicted octanol–water partition coefficient (Wildman–Crippen LogP) is 3.45. The van der Waals surface area contributed by atoms with E-state index < -0.39 is 12.1 Å². The lowest BCUT2D eigenvalue weighted by Gasteiger charge is -2.36. The fraction of sp³-hybridized carbons (Fsp3) is 0.600. The highest BCUT2D eigenvalue weighted by Gasteiger charge is 2.34. The summed E-state index contributed by atoms with van der Waals surface area (Å²) in [6.07, 6.45) is -0.0914. The molecule has 0 spiro atoms. The van der Waals surface area contributed by atoms with E-state index in [1.54, 1.807) is 11.8 Å². The standard InChI is InChI=1S/C20H29NO4/c1-12(2)16-7-6-13(3)18(10-16)25-15(5)19(22)21-9-8-17(20(23)24)14(4)11-21/h6-7,10,12,14-15,17H,8-9,11H2,1-5H3,(H,23,24). The van der Waals surface area contributed by atoms with E-state index in [-0.39, 0.29) is 17.7 Å². The molecule has 1 aromatic rings. The van der Waals surface area contributed by atoms with E-state index in [2.05, 4.69) is 19.9 Å². The van der Waals surface area contributed by atoms with Gasteiger partial charge in [0.25, 0.3) is 5.91 Å². The summed E-state index contributed by atoms with van der Waals surface area (Å²) in [5.41, 5.74) is 2.18. The lowest BCUT2D eigenvalue weighted by molar-refractivity contribution is -0.150. The van der Waals surface area contributed by atoms with Gasteiger partial charge >= 0.3 is 5.97 Å². The monoisotopic (exact) mass is 347 g/mol. The zero-order chi connectivity index (χ0) is 18.7. The highest BCUT2D eigenvalue weighted by atomic mass is 16.5. The van der Waals surface area contributed by atoms with E-state index in [4.69, 9.17) is 4.74 Å². The highest BCUT2D eigenvalue weighted by molar-refractivity contribution is 5.81. The Morgan fingerprint density at radius 1 is 1.28 bits per heavy atom. The van der Waals surface area contributed by atoms with Crippen LogP contribution >= 0.6 is 0 Å². The summed E-state index contributed by atoms with van der Waals surface area (Å²) in [6, 6.07) is 6.10. The third-order valence-corrected chi connectivity index (χ3v) is 5.06. The molecule has 1 amide bonds. The minimum Gasteiger partial charge on any atom is -0.481 e. The van der Waals surface area contributed by atoms with E-state index in [1.807, 2.05) is 26.0 Å². The molecule has 5 heteroatoms. The van der Waals surface area contributed by atoms with Gasteiger partial charge in [-0.15, -0.1) is 0 Å². The maximum atomic E-state index is 12.7. The molecule has 0 aliphatic carbocycles. The summed E-state index contributed by atoms with van der Waals surface area (Å²) < 4.78 is 5.95.